The molecule has 7 radical (unpaired) electrons. The first-order valence-electron chi connectivity index (χ1n) is 0. The minimum atomic E-state index is 0. The normalized spacial score (nSPS) is 0. The van der Waals surface area contributed by atoms with E-state index in [9.17, 15) is 0 Å². The van der Waals surface area contributed by atoms with Gasteiger partial charge in [-0.05, 0) is 0 Å². The molecule has 15 valence electrons. The van der Waals surface area contributed by atoms with Gasteiger partial charge >= 0.3 is 0 Å². The van der Waals surface area contributed by atoms with Crippen molar-refractivity contribution in [3.8, 4) is 0 Å². The third-order valence-electron chi connectivity index (χ3n) is 0. The van der Waals surface area contributed by atoms with Crippen LogP contribution in [0.5, 0.6) is 0 Å². The minimum absolute atomic E-state index is 0. The quantitative estimate of drug-likeness (QED) is 0.428. The Morgan fingerprint density at radius 2 is 1.00 bits per heavy atom. The van der Waals surface area contributed by atoms with E-state index in [4.69, 9.17) is 0 Å². The zero-order valence-corrected chi connectivity index (χ0v) is 7.02. The molecule has 0 nitrogen and oxygen atoms in total. The summed E-state index contributed by atoms with van der Waals surface area (Å²) in [6.45, 7) is 0. The fraction of sp³-hybridized carbons (Fsp3) is 0. The molecule has 4 heavy (non-hydrogen) atoms. The molecule has 0 saturated heterocycles. The maximum atomic E-state index is 0. The summed E-state index contributed by atoms with van der Waals surface area (Å²) in [7, 11) is 0. The van der Waals surface area contributed by atoms with Crippen molar-refractivity contribution < 1.29 is 44.1 Å². The molecule has 4 heteroatoms. The summed E-state index contributed by atoms with van der Waals surface area (Å²) in [5, 5.41) is 0. The van der Waals surface area contributed by atoms with E-state index in [2.05, 4.69) is 0 Å². The molecule has 0 aromatic carbocycles. The maximum Gasteiger partial charge on any atom is 0 e. The van der Waals surface area contributed by atoms with E-state index < -0.39 is 0 Å². The van der Waals surface area contributed by atoms with Crippen molar-refractivity contribution in [2.45, 2.75) is 0 Å². The van der Waals surface area contributed by atoms with Crippen molar-refractivity contribution in [2.75, 3.05) is 0 Å². The Bertz CT molecular complexity index is 8.00. The molecular formula is AlBNbTi. The van der Waals surface area contributed by atoms with Gasteiger partial charge in [-0.3, -0.25) is 0 Å². The molecule has 0 unspecified atom stereocenters. The molecule has 0 fully saturated rings. The summed E-state index contributed by atoms with van der Waals surface area (Å²) in [6, 6.07) is 0. The topological polar surface area (TPSA) is 0 Å². The summed E-state index contributed by atoms with van der Waals surface area (Å²) in [5.74, 6) is 0. The Kier molecular flexibility index (Phi) is 181. The Hall–Kier alpha value is 2.05. The standard InChI is InChI=1S/Al.B.Nb.Ti. The first-order chi connectivity index (χ1) is 0. The van der Waals surface area contributed by atoms with Crippen LogP contribution in [0.4, 0.5) is 0 Å². The molecule has 0 atom stereocenters. The van der Waals surface area contributed by atoms with Crippen LogP contribution in [0.3, 0.4) is 0 Å². The van der Waals surface area contributed by atoms with E-state index in [1.807, 2.05) is 0 Å². The van der Waals surface area contributed by atoms with Gasteiger partial charge in [0.1, 0.15) is 0 Å². The second-order valence-electron chi connectivity index (χ2n) is 0. The van der Waals surface area contributed by atoms with Crippen LogP contribution >= 0.6 is 0 Å². The Balaban J connectivity index is 0. The van der Waals surface area contributed by atoms with Crippen LogP contribution < -0.4 is 0 Å². The molecule has 0 aliphatic heterocycles. The van der Waals surface area contributed by atoms with Crippen LogP contribution in [0.2, 0.25) is 0 Å². The molecule has 0 N–H and O–H groups in total. The zero-order valence-electron chi connectivity index (χ0n) is 2.10. The molecular weight excluding hydrogens is 179 g/mol. The van der Waals surface area contributed by atoms with Crippen molar-refractivity contribution >= 4 is 25.8 Å². The minimum Gasteiger partial charge on any atom is 0 e. The Morgan fingerprint density at radius 1 is 1.00 bits per heavy atom. The van der Waals surface area contributed by atoms with Gasteiger partial charge in [-0.1, -0.05) is 0 Å². The summed E-state index contributed by atoms with van der Waals surface area (Å²) in [6.07, 6.45) is 0. The van der Waals surface area contributed by atoms with Gasteiger partial charge in [-0.2, -0.15) is 0 Å². The van der Waals surface area contributed by atoms with E-state index >= 15 is 0 Å². The van der Waals surface area contributed by atoms with Gasteiger partial charge in [0.25, 0.3) is 0 Å². The molecule has 0 aliphatic rings. The molecule has 0 spiro atoms. The fourth-order valence-corrected chi connectivity index (χ4v) is 0. The molecule has 0 aliphatic carbocycles. The predicted octanol–water partition coefficient (Wildman–Crippen LogP) is -0.767. The maximum absolute atomic E-state index is 0. The summed E-state index contributed by atoms with van der Waals surface area (Å²) < 4.78 is 0. The molecule has 0 heterocycles. The van der Waals surface area contributed by atoms with Gasteiger partial charge < -0.3 is 0 Å². The van der Waals surface area contributed by atoms with Crippen LogP contribution in [0.15, 0.2) is 0 Å². The molecule has 0 saturated carbocycles. The van der Waals surface area contributed by atoms with E-state index in [0.717, 1.165) is 0 Å². The first-order valence-corrected chi connectivity index (χ1v) is 0. The first kappa shape index (κ1) is 36.7. The molecule has 0 rings (SSSR count). The predicted molar refractivity (Wildman–Crippen MR) is 11.5 cm³/mol. The van der Waals surface area contributed by atoms with Crippen LogP contribution in [0.25, 0.3) is 0 Å². The second kappa shape index (κ2) is 19.7. The van der Waals surface area contributed by atoms with Crippen LogP contribution in [0.1, 0.15) is 0 Å². The molecule has 0 aromatic rings. The number of hydrogen-bond donors (Lipinski definition) is 0. The van der Waals surface area contributed by atoms with Gasteiger partial charge in [-0.25, -0.2) is 0 Å². The van der Waals surface area contributed by atoms with Gasteiger partial charge in [0.2, 0.25) is 0 Å². The van der Waals surface area contributed by atoms with E-state index in [-0.39, 0.29) is 69.9 Å². The van der Waals surface area contributed by atoms with Gasteiger partial charge in [-0.15, -0.1) is 0 Å². The van der Waals surface area contributed by atoms with Gasteiger partial charge in [0.05, 0.1) is 0 Å². The van der Waals surface area contributed by atoms with Crippen molar-refractivity contribution in [2.24, 2.45) is 0 Å². The smallest absolute Gasteiger partial charge is 0 e. The fourth-order valence-electron chi connectivity index (χ4n) is 0. The van der Waals surface area contributed by atoms with E-state index in [0.29, 0.717) is 0 Å². The monoisotopic (exact) mass is 179 g/mol. The SMILES string of the molecule is [Al].[B].[Nb].[Ti]. The van der Waals surface area contributed by atoms with Crippen molar-refractivity contribution in [1.29, 1.82) is 0 Å². The van der Waals surface area contributed by atoms with Crippen LogP contribution in [-0.4, -0.2) is 25.8 Å². The summed E-state index contributed by atoms with van der Waals surface area (Å²) in [4.78, 5) is 0. The van der Waals surface area contributed by atoms with Crippen LogP contribution in [-0.2, 0) is 44.1 Å². The average molecular weight is 179 g/mol. The average Bonchev–Trinajstić information content (AvgIpc) is 0. The number of rotatable bonds is 0. The van der Waals surface area contributed by atoms with Gasteiger partial charge in [0.15, 0.2) is 0 Å². The Labute approximate surface area is 69.2 Å². The van der Waals surface area contributed by atoms with Gasteiger partial charge in [0, 0.05) is 69.9 Å². The van der Waals surface area contributed by atoms with E-state index in [1.165, 1.54) is 0 Å². The zero-order chi connectivity index (χ0) is 0. The van der Waals surface area contributed by atoms with E-state index in [1.54, 1.807) is 0 Å². The van der Waals surface area contributed by atoms with Crippen molar-refractivity contribution in [1.82, 2.24) is 0 Å². The number of hydrogen-bond acceptors (Lipinski definition) is 0. The largest absolute Gasteiger partial charge is 0 e. The molecule has 0 aromatic heterocycles. The third-order valence-corrected chi connectivity index (χ3v) is 0. The molecule has 0 amide bonds. The second-order valence-corrected chi connectivity index (χ2v) is 0. The van der Waals surface area contributed by atoms with Crippen molar-refractivity contribution in [3.05, 3.63) is 0 Å². The summed E-state index contributed by atoms with van der Waals surface area (Å²) in [5.41, 5.74) is 0. The van der Waals surface area contributed by atoms with Crippen molar-refractivity contribution in [3.63, 3.8) is 0 Å². The summed E-state index contributed by atoms with van der Waals surface area (Å²) >= 11 is 0. The Morgan fingerprint density at radius 3 is 1.00 bits per heavy atom. The third kappa shape index (κ3) is 8.96. The van der Waals surface area contributed by atoms with Crippen LogP contribution in [0, 0.1) is 0 Å². The molecule has 0 bridgehead atoms.